The average Bonchev–Trinajstić information content (AvgIpc) is 2.35. The normalized spacial score (nSPS) is 13.1. The summed E-state index contributed by atoms with van der Waals surface area (Å²) in [5, 5.41) is 13.2. The zero-order chi connectivity index (χ0) is 16.0. The molecule has 2 N–H and O–H groups in total. The molecule has 1 atom stereocenters. The number of anilines is 2. The van der Waals surface area contributed by atoms with Crippen molar-refractivity contribution in [2.45, 2.75) is 47.1 Å². The lowest BCUT2D eigenvalue weighted by atomic mass is 9.89. The number of rotatable bonds is 7. The zero-order valence-corrected chi connectivity index (χ0v) is 14.3. The molecule has 1 aromatic rings. The summed E-state index contributed by atoms with van der Waals surface area (Å²) in [7, 11) is 0. The maximum absolute atomic E-state index is 10.0. The van der Waals surface area contributed by atoms with Gasteiger partial charge in [0.15, 0.2) is 0 Å². The van der Waals surface area contributed by atoms with E-state index in [0.29, 0.717) is 24.9 Å². The second kappa shape index (κ2) is 7.75. The summed E-state index contributed by atoms with van der Waals surface area (Å²) >= 11 is 5.94. The van der Waals surface area contributed by atoms with Gasteiger partial charge in [0.05, 0.1) is 6.10 Å². The first kappa shape index (κ1) is 17.9. The Balaban J connectivity index is 2.71. The van der Waals surface area contributed by atoms with Crippen molar-refractivity contribution < 1.29 is 5.11 Å². The molecule has 0 bridgehead atoms. The van der Waals surface area contributed by atoms with Gasteiger partial charge >= 0.3 is 0 Å². The van der Waals surface area contributed by atoms with Crippen LogP contribution in [0.3, 0.4) is 0 Å². The fourth-order valence-electron chi connectivity index (χ4n) is 2.05. The number of aliphatic hydroxyl groups is 1. The molecule has 21 heavy (non-hydrogen) atoms. The van der Waals surface area contributed by atoms with Crippen molar-refractivity contribution in [1.29, 1.82) is 0 Å². The van der Waals surface area contributed by atoms with Gasteiger partial charge in [0, 0.05) is 19.6 Å². The minimum Gasteiger partial charge on any atom is -0.391 e. The molecule has 0 aliphatic rings. The van der Waals surface area contributed by atoms with Gasteiger partial charge in [-0.25, -0.2) is 0 Å². The van der Waals surface area contributed by atoms with E-state index in [1.165, 1.54) is 0 Å². The lowest BCUT2D eigenvalue weighted by Gasteiger charge is -2.23. The number of nitrogens with one attached hydrogen (secondary N) is 1. The van der Waals surface area contributed by atoms with Crippen LogP contribution >= 0.6 is 11.6 Å². The predicted molar refractivity (Wildman–Crippen MR) is 87.0 cm³/mol. The fourth-order valence-corrected chi connectivity index (χ4v) is 2.21. The van der Waals surface area contributed by atoms with Gasteiger partial charge in [-0.3, -0.25) is 0 Å². The monoisotopic (exact) mass is 315 g/mol. The van der Waals surface area contributed by atoms with E-state index < -0.39 is 6.10 Å². The summed E-state index contributed by atoms with van der Waals surface area (Å²) in [6.07, 6.45) is 0.235. The largest absolute Gasteiger partial charge is 0.391 e. The van der Waals surface area contributed by atoms with Crippen molar-refractivity contribution in [2.24, 2.45) is 5.41 Å². The van der Waals surface area contributed by atoms with E-state index in [0.717, 1.165) is 13.1 Å². The van der Waals surface area contributed by atoms with Gasteiger partial charge in [-0.05, 0) is 37.3 Å². The van der Waals surface area contributed by atoms with Crippen LogP contribution < -0.4 is 10.2 Å². The van der Waals surface area contributed by atoms with Gasteiger partial charge in [0.1, 0.15) is 0 Å². The van der Waals surface area contributed by atoms with E-state index in [-0.39, 0.29) is 10.7 Å². The molecule has 0 saturated carbocycles. The first-order valence-electron chi connectivity index (χ1n) is 7.33. The number of aliphatic hydroxyl groups excluding tert-OH is 1. The summed E-state index contributed by atoms with van der Waals surface area (Å²) in [6, 6.07) is 0. The fraction of sp³-hybridized carbons (Fsp3) is 0.786. The van der Waals surface area contributed by atoms with Crippen molar-refractivity contribution >= 4 is 23.5 Å². The number of hydrogen-bond acceptors (Lipinski definition) is 6. The average molecular weight is 316 g/mol. The molecule has 1 heterocycles. The van der Waals surface area contributed by atoms with Gasteiger partial charge < -0.3 is 15.3 Å². The smallest absolute Gasteiger partial charge is 0.231 e. The summed E-state index contributed by atoms with van der Waals surface area (Å²) in [4.78, 5) is 14.5. The molecule has 1 aromatic heterocycles. The van der Waals surface area contributed by atoms with Gasteiger partial charge in [0.2, 0.25) is 17.2 Å². The van der Waals surface area contributed by atoms with Gasteiger partial charge in [-0.1, -0.05) is 20.8 Å². The van der Waals surface area contributed by atoms with Crippen LogP contribution in [-0.2, 0) is 0 Å². The lowest BCUT2D eigenvalue weighted by Crippen LogP contribution is -2.27. The minimum absolute atomic E-state index is 0.0736. The highest BCUT2D eigenvalue weighted by Crippen LogP contribution is 2.21. The van der Waals surface area contributed by atoms with Crippen LogP contribution in [0.25, 0.3) is 0 Å². The van der Waals surface area contributed by atoms with Gasteiger partial charge in [-0.15, -0.1) is 0 Å². The van der Waals surface area contributed by atoms with Crippen LogP contribution in [0, 0.1) is 5.41 Å². The highest BCUT2D eigenvalue weighted by Gasteiger charge is 2.17. The Morgan fingerprint density at radius 1 is 1.19 bits per heavy atom. The highest BCUT2D eigenvalue weighted by atomic mass is 35.5. The van der Waals surface area contributed by atoms with Crippen LogP contribution in [0.1, 0.15) is 41.0 Å². The summed E-state index contributed by atoms with van der Waals surface area (Å²) < 4.78 is 0. The van der Waals surface area contributed by atoms with E-state index in [2.05, 4.69) is 41.0 Å². The Labute approximate surface area is 132 Å². The Morgan fingerprint density at radius 3 is 2.33 bits per heavy atom. The number of aromatic nitrogens is 3. The maximum atomic E-state index is 10.0. The molecule has 1 unspecified atom stereocenters. The molecule has 6 nitrogen and oxygen atoms in total. The summed E-state index contributed by atoms with van der Waals surface area (Å²) in [5.41, 5.74) is 0.0736. The molecule has 0 saturated heterocycles. The molecule has 0 spiro atoms. The standard InChI is InChI=1S/C14H26ClN5O/c1-6-20(7-2)13-18-11(15)17-12(19-13)16-9-10(21)8-14(3,4)5/h10,21H,6-9H2,1-5H3,(H,16,17,18,19). The molecular formula is C14H26ClN5O. The minimum atomic E-state index is -0.461. The third-order valence-corrected chi connectivity index (χ3v) is 3.16. The molecule has 7 heteroatoms. The van der Waals surface area contributed by atoms with Gasteiger partial charge in [0.25, 0.3) is 0 Å². The van der Waals surface area contributed by atoms with E-state index in [1.807, 2.05) is 18.7 Å². The topological polar surface area (TPSA) is 74.2 Å². The zero-order valence-electron chi connectivity index (χ0n) is 13.5. The first-order chi connectivity index (χ1) is 9.75. The molecule has 1 rings (SSSR count). The Bertz CT molecular complexity index is 445. The third-order valence-electron chi connectivity index (χ3n) is 2.99. The van der Waals surface area contributed by atoms with Crippen molar-refractivity contribution in [1.82, 2.24) is 15.0 Å². The second-order valence-electron chi connectivity index (χ2n) is 6.20. The second-order valence-corrected chi connectivity index (χ2v) is 6.54. The van der Waals surface area contributed by atoms with Crippen LogP contribution in [0.15, 0.2) is 0 Å². The van der Waals surface area contributed by atoms with Crippen LogP contribution in [0.4, 0.5) is 11.9 Å². The predicted octanol–water partition coefficient (Wildman–Crippen LogP) is 2.58. The first-order valence-corrected chi connectivity index (χ1v) is 7.71. The molecule has 0 aliphatic heterocycles. The van der Waals surface area contributed by atoms with Crippen molar-refractivity contribution in [2.75, 3.05) is 29.9 Å². The van der Waals surface area contributed by atoms with Crippen molar-refractivity contribution in [3.8, 4) is 0 Å². The molecule has 0 fully saturated rings. The highest BCUT2D eigenvalue weighted by molar-refractivity contribution is 6.28. The molecule has 0 amide bonds. The summed E-state index contributed by atoms with van der Waals surface area (Å²) in [5.74, 6) is 0.942. The summed E-state index contributed by atoms with van der Waals surface area (Å²) in [6.45, 7) is 12.3. The van der Waals surface area contributed by atoms with Crippen LogP contribution in [0.2, 0.25) is 5.28 Å². The molecule has 0 aromatic carbocycles. The maximum Gasteiger partial charge on any atom is 0.231 e. The van der Waals surface area contributed by atoms with Crippen LogP contribution in [-0.4, -0.2) is 45.8 Å². The van der Waals surface area contributed by atoms with Crippen molar-refractivity contribution in [3.05, 3.63) is 5.28 Å². The van der Waals surface area contributed by atoms with Crippen LogP contribution in [0.5, 0.6) is 0 Å². The Morgan fingerprint density at radius 2 is 1.81 bits per heavy atom. The molecule has 120 valence electrons. The van der Waals surface area contributed by atoms with E-state index in [4.69, 9.17) is 11.6 Å². The quantitative estimate of drug-likeness (QED) is 0.805. The van der Waals surface area contributed by atoms with Gasteiger partial charge in [-0.2, -0.15) is 15.0 Å². The van der Waals surface area contributed by atoms with E-state index in [9.17, 15) is 5.11 Å². The lowest BCUT2D eigenvalue weighted by molar-refractivity contribution is 0.132. The third kappa shape index (κ3) is 6.44. The SMILES string of the molecule is CCN(CC)c1nc(Cl)nc(NCC(O)CC(C)(C)C)n1. The molecular weight excluding hydrogens is 290 g/mol. The molecule has 0 radical (unpaired) electrons. The van der Waals surface area contributed by atoms with E-state index in [1.54, 1.807) is 0 Å². The Hall–Kier alpha value is -1.14. The number of halogens is 1. The number of hydrogen-bond donors (Lipinski definition) is 2. The Kier molecular flexibility index (Phi) is 6.61. The van der Waals surface area contributed by atoms with E-state index >= 15 is 0 Å². The molecule has 0 aliphatic carbocycles. The number of nitrogens with zero attached hydrogens (tertiary/aromatic N) is 4. The van der Waals surface area contributed by atoms with Crippen molar-refractivity contribution in [3.63, 3.8) is 0 Å².